The van der Waals surface area contributed by atoms with E-state index in [4.69, 9.17) is 11.6 Å². The Bertz CT molecular complexity index is 1070. The van der Waals surface area contributed by atoms with Gasteiger partial charge in [-0.2, -0.15) is 4.31 Å². The van der Waals surface area contributed by atoms with Gasteiger partial charge in [-0.25, -0.2) is 8.42 Å². The van der Waals surface area contributed by atoms with Crippen molar-refractivity contribution in [1.29, 1.82) is 0 Å². The number of likely N-dealkylation sites (N-methyl/N-ethyl adjacent to an activating group) is 1. The summed E-state index contributed by atoms with van der Waals surface area (Å²) in [5, 5.41) is 3.27. The molecular formula is C24H32ClN3O4S. The van der Waals surface area contributed by atoms with Crippen LogP contribution in [0.25, 0.3) is 0 Å². The van der Waals surface area contributed by atoms with Crippen LogP contribution in [0.5, 0.6) is 0 Å². The highest BCUT2D eigenvalue weighted by molar-refractivity contribution is 7.89. The molecule has 1 atom stereocenters. The number of rotatable bonds is 10. The summed E-state index contributed by atoms with van der Waals surface area (Å²) in [5.41, 5.74) is 1.88. The second-order valence-corrected chi connectivity index (χ2v) is 11.0. The Morgan fingerprint density at radius 3 is 2.27 bits per heavy atom. The Balaban J connectivity index is 2.25. The van der Waals surface area contributed by atoms with Gasteiger partial charge in [0.15, 0.2) is 0 Å². The maximum absolute atomic E-state index is 13.3. The summed E-state index contributed by atoms with van der Waals surface area (Å²) >= 11 is 5.86. The normalized spacial score (nSPS) is 12.6. The number of carbonyl (C=O) groups is 2. The van der Waals surface area contributed by atoms with Crippen molar-refractivity contribution in [3.63, 3.8) is 0 Å². The van der Waals surface area contributed by atoms with Crippen molar-refractivity contribution in [1.82, 2.24) is 14.5 Å². The standard InChI is InChI=1S/C24H32ClN3O4S/c1-17(2)14-26-24(30)19(4)28(15-20-8-6-7-18(3)13-20)23(29)16-27(5)33(31,32)22-11-9-21(25)10-12-22/h6-13,17,19H,14-16H2,1-5H3,(H,26,30)/t19-/m0/s1. The predicted molar refractivity (Wildman–Crippen MR) is 130 cm³/mol. The molecule has 0 bridgehead atoms. The van der Waals surface area contributed by atoms with Crippen molar-refractivity contribution in [3.8, 4) is 0 Å². The van der Waals surface area contributed by atoms with Crippen molar-refractivity contribution in [3.05, 3.63) is 64.7 Å². The molecule has 0 aliphatic rings. The molecule has 2 rings (SSSR count). The molecule has 0 fully saturated rings. The maximum Gasteiger partial charge on any atom is 0.243 e. The molecule has 2 aromatic carbocycles. The van der Waals surface area contributed by atoms with E-state index in [-0.39, 0.29) is 23.3 Å². The van der Waals surface area contributed by atoms with E-state index in [1.807, 2.05) is 45.0 Å². The molecule has 0 spiro atoms. The van der Waals surface area contributed by atoms with Crippen molar-refractivity contribution in [2.24, 2.45) is 5.92 Å². The zero-order chi connectivity index (χ0) is 24.8. The summed E-state index contributed by atoms with van der Waals surface area (Å²) in [6, 6.07) is 12.6. The molecule has 1 N–H and O–H groups in total. The number of benzene rings is 2. The molecule has 0 saturated carbocycles. The number of halogens is 1. The quantitative estimate of drug-likeness (QED) is 0.549. The first-order chi connectivity index (χ1) is 15.4. The molecule has 180 valence electrons. The van der Waals surface area contributed by atoms with Crippen LogP contribution in [0.15, 0.2) is 53.4 Å². The molecule has 2 amide bonds. The lowest BCUT2D eigenvalue weighted by Crippen LogP contribution is -2.51. The van der Waals surface area contributed by atoms with Gasteiger partial charge in [-0.3, -0.25) is 9.59 Å². The molecule has 9 heteroatoms. The van der Waals surface area contributed by atoms with E-state index in [1.54, 1.807) is 6.92 Å². The van der Waals surface area contributed by atoms with Gasteiger partial charge in [-0.05, 0) is 49.6 Å². The smallest absolute Gasteiger partial charge is 0.243 e. The minimum Gasteiger partial charge on any atom is -0.354 e. The molecule has 0 saturated heterocycles. The topological polar surface area (TPSA) is 86.8 Å². The number of carbonyl (C=O) groups excluding carboxylic acids is 2. The number of hydrogen-bond donors (Lipinski definition) is 1. The van der Waals surface area contributed by atoms with E-state index < -0.39 is 28.5 Å². The van der Waals surface area contributed by atoms with Crippen LogP contribution in [0.3, 0.4) is 0 Å². The van der Waals surface area contributed by atoms with Gasteiger partial charge in [-0.1, -0.05) is 55.3 Å². The maximum atomic E-state index is 13.3. The fraction of sp³-hybridized carbons (Fsp3) is 0.417. The predicted octanol–water partition coefficient (Wildman–Crippen LogP) is 3.46. The molecule has 2 aromatic rings. The van der Waals surface area contributed by atoms with Crippen LogP contribution in [0.2, 0.25) is 5.02 Å². The minimum absolute atomic E-state index is 0.0372. The number of amides is 2. The molecular weight excluding hydrogens is 462 g/mol. The minimum atomic E-state index is -3.90. The summed E-state index contributed by atoms with van der Waals surface area (Å²) in [5.74, 6) is -0.491. The van der Waals surface area contributed by atoms with Crippen molar-refractivity contribution < 1.29 is 18.0 Å². The highest BCUT2D eigenvalue weighted by Crippen LogP contribution is 2.18. The fourth-order valence-electron chi connectivity index (χ4n) is 3.20. The average Bonchev–Trinajstić information content (AvgIpc) is 2.75. The zero-order valence-corrected chi connectivity index (χ0v) is 21.3. The first kappa shape index (κ1) is 26.8. The lowest BCUT2D eigenvalue weighted by molar-refractivity contribution is -0.140. The van der Waals surface area contributed by atoms with E-state index in [1.165, 1.54) is 36.2 Å². The van der Waals surface area contributed by atoms with Crippen molar-refractivity contribution in [2.75, 3.05) is 20.1 Å². The summed E-state index contributed by atoms with van der Waals surface area (Å²) in [4.78, 5) is 27.5. The van der Waals surface area contributed by atoms with Crippen LogP contribution in [-0.2, 0) is 26.2 Å². The number of hydrogen-bond acceptors (Lipinski definition) is 4. The van der Waals surface area contributed by atoms with Gasteiger partial charge < -0.3 is 10.2 Å². The summed E-state index contributed by atoms with van der Waals surface area (Å²) < 4.78 is 26.8. The second-order valence-electron chi connectivity index (χ2n) is 8.54. The number of sulfonamides is 1. The lowest BCUT2D eigenvalue weighted by atomic mass is 10.1. The Labute approximate surface area is 201 Å². The summed E-state index contributed by atoms with van der Waals surface area (Å²) in [6.45, 7) is 7.83. The molecule has 0 aromatic heterocycles. The van der Waals surface area contributed by atoms with Gasteiger partial charge >= 0.3 is 0 Å². The summed E-state index contributed by atoms with van der Waals surface area (Å²) in [7, 11) is -2.56. The van der Waals surface area contributed by atoms with Crippen LogP contribution < -0.4 is 5.32 Å². The van der Waals surface area contributed by atoms with Crippen LogP contribution >= 0.6 is 11.6 Å². The molecule has 0 heterocycles. The molecule has 0 unspecified atom stereocenters. The first-order valence-electron chi connectivity index (χ1n) is 10.8. The van der Waals surface area contributed by atoms with Crippen LogP contribution in [0.4, 0.5) is 0 Å². The lowest BCUT2D eigenvalue weighted by Gasteiger charge is -2.30. The van der Waals surface area contributed by atoms with E-state index in [9.17, 15) is 18.0 Å². The van der Waals surface area contributed by atoms with Gasteiger partial charge in [0.05, 0.1) is 11.4 Å². The summed E-state index contributed by atoms with van der Waals surface area (Å²) in [6.07, 6.45) is 0. The van der Waals surface area contributed by atoms with Crippen molar-refractivity contribution in [2.45, 2.75) is 45.2 Å². The van der Waals surface area contributed by atoms with E-state index in [0.29, 0.717) is 11.6 Å². The van der Waals surface area contributed by atoms with E-state index >= 15 is 0 Å². The number of nitrogens with one attached hydrogen (secondary N) is 1. The largest absolute Gasteiger partial charge is 0.354 e. The van der Waals surface area contributed by atoms with Gasteiger partial charge in [0.25, 0.3) is 0 Å². The third-order valence-corrected chi connectivity index (χ3v) is 7.24. The monoisotopic (exact) mass is 493 g/mol. The van der Waals surface area contributed by atoms with Crippen LogP contribution in [0, 0.1) is 12.8 Å². The Morgan fingerprint density at radius 2 is 1.70 bits per heavy atom. The molecule has 0 radical (unpaired) electrons. The van der Waals surface area contributed by atoms with E-state index in [0.717, 1.165) is 15.4 Å². The van der Waals surface area contributed by atoms with Crippen LogP contribution in [-0.4, -0.2) is 55.6 Å². The Hall–Kier alpha value is -2.42. The van der Waals surface area contributed by atoms with E-state index in [2.05, 4.69) is 5.32 Å². The van der Waals surface area contributed by atoms with Gasteiger partial charge in [-0.15, -0.1) is 0 Å². The first-order valence-corrected chi connectivity index (χ1v) is 12.6. The Morgan fingerprint density at radius 1 is 1.06 bits per heavy atom. The SMILES string of the molecule is Cc1cccc(CN(C(=O)CN(C)S(=O)(=O)c2ccc(Cl)cc2)[C@@H](C)C(=O)NCC(C)C)c1. The third kappa shape index (κ3) is 7.55. The Kier molecular flexibility index (Phi) is 9.46. The highest BCUT2D eigenvalue weighted by Gasteiger charge is 2.30. The zero-order valence-electron chi connectivity index (χ0n) is 19.7. The number of aryl methyl sites for hydroxylation is 1. The fourth-order valence-corrected chi connectivity index (χ4v) is 4.44. The van der Waals surface area contributed by atoms with Gasteiger partial charge in [0.1, 0.15) is 6.04 Å². The molecule has 0 aliphatic heterocycles. The molecule has 7 nitrogen and oxygen atoms in total. The second kappa shape index (κ2) is 11.6. The highest BCUT2D eigenvalue weighted by atomic mass is 35.5. The number of nitrogens with zero attached hydrogens (tertiary/aromatic N) is 2. The molecule has 0 aliphatic carbocycles. The molecule has 33 heavy (non-hydrogen) atoms. The average molecular weight is 494 g/mol. The van der Waals surface area contributed by atoms with Gasteiger partial charge in [0, 0.05) is 25.2 Å². The van der Waals surface area contributed by atoms with Crippen molar-refractivity contribution >= 4 is 33.4 Å². The third-order valence-electron chi connectivity index (χ3n) is 5.17. The van der Waals surface area contributed by atoms with Gasteiger partial charge in [0.2, 0.25) is 21.8 Å². The van der Waals surface area contributed by atoms with Crippen LogP contribution in [0.1, 0.15) is 31.9 Å².